The predicted octanol–water partition coefficient (Wildman–Crippen LogP) is 2.08. The Balaban J connectivity index is 1.81. The van der Waals surface area contributed by atoms with Crippen LogP contribution in [0.15, 0.2) is 42.6 Å². The van der Waals surface area contributed by atoms with Crippen molar-refractivity contribution >= 4 is 5.91 Å². The van der Waals surface area contributed by atoms with Crippen molar-refractivity contribution in [3.8, 4) is 22.9 Å². The molecule has 1 amide bonds. The fraction of sp³-hybridized carbons (Fsp3) is 0.222. The average molecular weight is 353 g/mol. The number of benzene rings is 1. The molecule has 0 aliphatic heterocycles. The molecular weight excluding hydrogens is 334 g/mol. The molecule has 0 saturated carbocycles. The number of rotatable bonds is 5. The highest BCUT2D eigenvalue weighted by Gasteiger charge is 2.22. The van der Waals surface area contributed by atoms with E-state index in [1.807, 2.05) is 30.3 Å². The second kappa shape index (κ2) is 7.22. The van der Waals surface area contributed by atoms with Crippen molar-refractivity contribution in [1.29, 1.82) is 0 Å². The second-order valence-electron chi connectivity index (χ2n) is 5.69. The van der Waals surface area contributed by atoms with Gasteiger partial charge in [0.25, 0.3) is 5.91 Å². The minimum Gasteiger partial charge on any atom is -0.503 e. The van der Waals surface area contributed by atoms with Gasteiger partial charge in [-0.2, -0.15) is 5.10 Å². The van der Waals surface area contributed by atoms with E-state index in [2.05, 4.69) is 20.4 Å². The van der Waals surface area contributed by atoms with Crippen molar-refractivity contribution < 1.29 is 14.6 Å². The molecule has 1 aromatic carbocycles. The molecule has 0 aliphatic carbocycles. The van der Waals surface area contributed by atoms with Gasteiger partial charge < -0.3 is 15.2 Å². The van der Waals surface area contributed by atoms with Crippen LogP contribution in [0.3, 0.4) is 0 Å². The van der Waals surface area contributed by atoms with Gasteiger partial charge in [-0.05, 0) is 6.92 Å². The van der Waals surface area contributed by atoms with Gasteiger partial charge in [0.15, 0.2) is 23.0 Å². The maximum Gasteiger partial charge on any atom is 0.274 e. The molecule has 0 aliphatic rings. The number of aromatic nitrogens is 4. The van der Waals surface area contributed by atoms with Crippen molar-refractivity contribution in [3.63, 3.8) is 0 Å². The van der Waals surface area contributed by atoms with Crippen LogP contribution in [0.2, 0.25) is 0 Å². The number of carbonyl (C=O) groups excluding carboxylic acids is 1. The number of hydrogen-bond acceptors (Lipinski definition) is 6. The molecule has 0 bridgehead atoms. The Labute approximate surface area is 150 Å². The monoisotopic (exact) mass is 353 g/mol. The minimum absolute atomic E-state index is 0.110. The van der Waals surface area contributed by atoms with Crippen molar-refractivity contribution in [3.05, 3.63) is 54.1 Å². The molecule has 2 N–H and O–H groups in total. The standard InChI is InChI=1S/C18H19N5O3/c1-11(20-18(25)14-15(24)13(26-3)9-10-19-14)17-21-16(22-23(17)2)12-7-5-4-6-8-12/h4-11,24H,1-3H3,(H,20,25)/t11-/m0/s1. The van der Waals surface area contributed by atoms with Crippen molar-refractivity contribution in [2.75, 3.05) is 7.11 Å². The van der Waals surface area contributed by atoms with E-state index in [-0.39, 0.29) is 17.2 Å². The molecule has 0 saturated heterocycles. The summed E-state index contributed by atoms with van der Waals surface area (Å²) in [7, 11) is 3.17. The van der Waals surface area contributed by atoms with Gasteiger partial charge >= 0.3 is 0 Å². The third kappa shape index (κ3) is 3.34. The van der Waals surface area contributed by atoms with E-state index in [1.54, 1.807) is 18.7 Å². The Morgan fingerprint density at radius 3 is 2.69 bits per heavy atom. The summed E-state index contributed by atoms with van der Waals surface area (Å²) in [6, 6.07) is 10.6. The molecule has 26 heavy (non-hydrogen) atoms. The average Bonchev–Trinajstić information content (AvgIpc) is 3.04. The van der Waals surface area contributed by atoms with Crippen LogP contribution in [0, 0.1) is 0 Å². The molecule has 134 valence electrons. The van der Waals surface area contributed by atoms with E-state index in [9.17, 15) is 9.90 Å². The minimum atomic E-state index is -0.529. The number of aromatic hydroxyl groups is 1. The molecule has 3 aromatic rings. The summed E-state index contributed by atoms with van der Waals surface area (Å²) in [5, 5.41) is 17.2. The van der Waals surface area contributed by atoms with E-state index >= 15 is 0 Å². The smallest absolute Gasteiger partial charge is 0.274 e. The van der Waals surface area contributed by atoms with E-state index in [1.165, 1.54) is 19.4 Å². The SMILES string of the molecule is COc1ccnc(C(=O)N[C@@H](C)c2nc(-c3ccccc3)nn2C)c1O. The van der Waals surface area contributed by atoms with Gasteiger partial charge in [0.1, 0.15) is 5.82 Å². The van der Waals surface area contributed by atoms with Gasteiger partial charge in [-0.15, -0.1) is 0 Å². The van der Waals surface area contributed by atoms with Crippen molar-refractivity contribution in [1.82, 2.24) is 25.1 Å². The summed E-state index contributed by atoms with van der Waals surface area (Å²) in [6.07, 6.45) is 1.40. The topological polar surface area (TPSA) is 102 Å². The zero-order valence-corrected chi connectivity index (χ0v) is 14.7. The summed E-state index contributed by atoms with van der Waals surface area (Å²) in [5.41, 5.74) is 0.779. The second-order valence-corrected chi connectivity index (χ2v) is 5.69. The maximum absolute atomic E-state index is 12.5. The van der Waals surface area contributed by atoms with E-state index in [0.29, 0.717) is 11.6 Å². The first kappa shape index (κ1) is 17.4. The number of carbonyl (C=O) groups is 1. The lowest BCUT2D eigenvalue weighted by Gasteiger charge is -2.13. The largest absolute Gasteiger partial charge is 0.503 e. The van der Waals surface area contributed by atoms with Crippen LogP contribution < -0.4 is 10.1 Å². The Kier molecular flexibility index (Phi) is 4.83. The first-order valence-corrected chi connectivity index (χ1v) is 8.00. The van der Waals surface area contributed by atoms with E-state index in [0.717, 1.165) is 5.56 Å². The van der Waals surface area contributed by atoms with Gasteiger partial charge in [0.2, 0.25) is 0 Å². The molecule has 8 nitrogen and oxygen atoms in total. The number of nitrogens with zero attached hydrogens (tertiary/aromatic N) is 4. The summed E-state index contributed by atoms with van der Waals surface area (Å²) in [5.74, 6) is 0.509. The number of nitrogens with one attached hydrogen (secondary N) is 1. The lowest BCUT2D eigenvalue weighted by Crippen LogP contribution is -2.29. The highest BCUT2D eigenvalue weighted by molar-refractivity contribution is 5.95. The van der Waals surface area contributed by atoms with Gasteiger partial charge in [0, 0.05) is 24.9 Å². The first-order chi connectivity index (χ1) is 12.5. The number of hydrogen-bond donors (Lipinski definition) is 2. The lowest BCUT2D eigenvalue weighted by atomic mass is 10.2. The first-order valence-electron chi connectivity index (χ1n) is 8.00. The zero-order chi connectivity index (χ0) is 18.7. The van der Waals surface area contributed by atoms with E-state index < -0.39 is 11.9 Å². The maximum atomic E-state index is 12.5. The van der Waals surface area contributed by atoms with Crippen LogP contribution in [0.5, 0.6) is 11.5 Å². The Morgan fingerprint density at radius 1 is 1.27 bits per heavy atom. The molecule has 2 aromatic heterocycles. The summed E-state index contributed by atoms with van der Waals surface area (Å²) in [4.78, 5) is 20.9. The van der Waals surface area contributed by atoms with Crippen molar-refractivity contribution in [2.45, 2.75) is 13.0 Å². The number of amides is 1. The Bertz CT molecular complexity index is 924. The van der Waals surface area contributed by atoms with Gasteiger partial charge in [-0.3, -0.25) is 9.48 Å². The Hall–Kier alpha value is -3.42. The van der Waals surface area contributed by atoms with Gasteiger partial charge in [-0.1, -0.05) is 30.3 Å². The number of pyridine rings is 1. The lowest BCUT2D eigenvalue weighted by molar-refractivity contribution is 0.0929. The molecule has 2 heterocycles. The molecular formula is C18H19N5O3. The van der Waals surface area contributed by atoms with Crippen LogP contribution in [0.4, 0.5) is 0 Å². The number of aryl methyl sites for hydroxylation is 1. The molecule has 3 rings (SSSR count). The summed E-state index contributed by atoms with van der Waals surface area (Å²) in [6.45, 7) is 1.79. The van der Waals surface area contributed by atoms with Crippen molar-refractivity contribution in [2.24, 2.45) is 7.05 Å². The predicted molar refractivity (Wildman–Crippen MR) is 94.8 cm³/mol. The van der Waals surface area contributed by atoms with E-state index in [4.69, 9.17) is 4.74 Å². The quantitative estimate of drug-likeness (QED) is 0.728. The molecule has 0 spiro atoms. The Morgan fingerprint density at radius 2 is 2.00 bits per heavy atom. The van der Waals surface area contributed by atoms with Gasteiger partial charge in [0.05, 0.1) is 13.2 Å². The van der Waals surface area contributed by atoms with Crippen LogP contribution >= 0.6 is 0 Å². The van der Waals surface area contributed by atoms with Crippen LogP contribution in [0.25, 0.3) is 11.4 Å². The van der Waals surface area contributed by atoms with Crippen LogP contribution in [0.1, 0.15) is 29.3 Å². The fourth-order valence-electron chi connectivity index (χ4n) is 2.58. The van der Waals surface area contributed by atoms with Crippen LogP contribution in [-0.4, -0.2) is 37.9 Å². The fourth-order valence-corrected chi connectivity index (χ4v) is 2.58. The number of methoxy groups -OCH3 is 1. The summed E-state index contributed by atoms with van der Waals surface area (Å²) >= 11 is 0. The third-order valence-electron chi connectivity index (χ3n) is 3.89. The molecule has 0 unspecified atom stereocenters. The molecule has 8 heteroatoms. The molecule has 0 fully saturated rings. The summed E-state index contributed by atoms with van der Waals surface area (Å²) < 4.78 is 6.62. The van der Waals surface area contributed by atoms with Crippen LogP contribution in [-0.2, 0) is 7.05 Å². The highest BCUT2D eigenvalue weighted by atomic mass is 16.5. The molecule has 0 radical (unpaired) electrons. The zero-order valence-electron chi connectivity index (χ0n) is 14.7. The number of ether oxygens (including phenoxy) is 1. The van der Waals surface area contributed by atoms with Gasteiger partial charge in [-0.25, -0.2) is 9.97 Å². The molecule has 1 atom stereocenters. The third-order valence-corrected chi connectivity index (χ3v) is 3.89. The highest BCUT2D eigenvalue weighted by Crippen LogP contribution is 2.28. The normalized spacial score (nSPS) is 11.8.